The highest BCUT2D eigenvalue weighted by Crippen LogP contribution is 2.42. The molecule has 1 N–H and O–H groups in total. The van der Waals surface area contributed by atoms with Gasteiger partial charge in [-0.2, -0.15) is 0 Å². The summed E-state index contributed by atoms with van der Waals surface area (Å²) in [6.07, 6.45) is 1.58. The average molecular weight is 451 g/mol. The number of carbonyl (C=O) groups is 2. The van der Waals surface area contributed by atoms with Gasteiger partial charge in [-0.15, -0.1) is 0 Å². The van der Waals surface area contributed by atoms with Crippen LogP contribution in [0.2, 0.25) is 0 Å². The van der Waals surface area contributed by atoms with E-state index in [1.807, 2.05) is 25.1 Å². The minimum absolute atomic E-state index is 0.0329. The SMILES string of the molecule is CCOc1cccc(C2/C(=C(/O)c3ccc4c(c3)OCO4)C(=O)C(=O)N2CC2CCCO2)c1. The van der Waals surface area contributed by atoms with E-state index in [9.17, 15) is 14.7 Å². The second-order valence-electron chi connectivity index (χ2n) is 8.16. The van der Waals surface area contributed by atoms with Crippen LogP contribution in [0.3, 0.4) is 0 Å². The Balaban J connectivity index is 1.61. The highest BCUT2D eigenvalue weighted by Gasteiger charge is 2.47. The first-order valence-corrected chi connectivity index (χ1v) is 11.1. The quantitative estimate of drug-likeness (QED) is 0.409. The highest BCUT2D eigenvalue weighted by atomic mass is 16.7. The van der Waals surface area contributed by atoms with Crippen LogP contribution in [0.15, 0.2) is 48.0 Å². The Kier molecular flexibility index (Phi) is 5.68. The number of carbonyl (C=O) groups excluding carboxylic acids is 2. The van der Waals surface area contributed by atoms with Crippen molar-refractivity contribution in [3.8, 4) is 17.2 Å². The zero-order valence-electron chi connectivity index (χ0n) is 18.3. The van der Waals surface area contributed by atoms with Crippen LogP contribution in [0.25, 0.3) is 5.76 Å². The van der Waals surface area contributed by atoms with Crippen LogP contribution in [-0.2, 0) is 14.3 Å². The molecule has 3 aliphatic rings. The van der Waals surface area contributed by atoms with Gasteiger partial charge in [-0.1, -0.05) is 12.1 Å². The number of hydrogen-bond donors (Lipinski definition) is 1. The molecule has 0 spiro atoms. The maximum absolute atomic E-state index is 13.2. The number of ketones is 1. The number of likely N-dealkylation sites (tertiary alicyclic amines) is 1. The molecule has 2 saturated heterocycles. The topological polar surface area (TPSA) is 94.5 Å². The van der Waals surface area contributed by atoms with Crippen molar-refractivity contribution in [1.82, 2.24) is 4.90 Å². The van der Waals surface area contributed by atoms with Crippen molar-refractivity contribution in [2.45, 2.75) is 31.9 Å². The minimum atomic E-state index is -0.764. The summed E-state index contributed by atoms with van der Waals surface area (Å²) in [7, 11) is 0. The van der Waals surface area contributed by atoms with Crippen LogP contribution < -0.4 is 14.2 Å². The molecule has 3 aliphatic heterocycles. The van der Waals surface area contributed by atoms with Gasteiger partial charge in [0.2, 0.25) is 6.79 Å². The molecule has 8 nitrogen and oxygen atoms in total. The second-order valence-corrected chi connectivity index (χ2v) is 8.16. The number of fused-ring (bicyclic) bond motifs is 1. The molecule has 5 rings (SSSR count). The van der Waals surface area contributed by atoms with Crippen LogP contribution in [0.4, 0.5) is 0 Å². The van der Waals surface area contributed by atoms with E-state index >= 15 is 0 Å². The van der Waals surface area contributed by atoms with Gasteiger partial charge in [-0.3, -0.25) is 9.59 Å². The second kappa shape index (κ2) is 8.78. The van der Waals surface area contributed by atoms with E-state index < -0.39 is 17.7 Å². The summed E-state index contributed by atoms with van der Waals surface area (Å²) in [5.74, 6) is 0.0255. The molecule has 3 heterocycles. The summed E-state index contributed by atoms with van der Waals surface area (Å²) in [5.41, 5.74) is 1.09. The zero-order chi connectivity index (χ0) is 22.9. The third-order valence-electron chi connectivity index (χ3n) is 6.10. The van der Waals surface area contributed by atoms with Gasteiger partial charge in [0.25, 0.3) is 11.7 Å². The fourth-order valence-electron chi connectivity index (χ4n) is 4.56. The number of aliphatic hydroxyl groups excluding tert-OH is 1. The number of hydrogen-bond acceptors (Lipinski definition) is 7. The number of benzene rings is 2. The molecule has 2 aromatic rings. The number of Topliss-reactive ketones (excluding diaryl/α,β-unsaturated/α-hetero) is 1. The third kappa shape index (κ3) is 3.91. The Labute approximate surface area is 191 Å². The van der Waals surface area contributed by atoms with Crippen molar-refractivity contribution in [3.63, 3.8) is 0 Å². The Morgan fingerprint density at radius 1 is 1.15 bits per heavy atom. The predicted octanol–water partition coefficient (Wildman–Crippen LogP) is 3.41. The summed E-state index contributed by atoms with van der Waals surface area (Å²) >= 11 is 0. The van der Waals surface area contributed by atoms with Crippen LogP contribution in [0.5, 0.6) is 17.2 Å². The molecule has 0 radical (unpaired) electrons. The smallest absolute Gasteiger partial charge is 0.295 e. The minimum Gasteiger partial charge on any atom is -0.507 e. The average Bonchev–Trinajstić information content (AvgIpc) is 3.56. The maximum Gasteiger partial charge on any atom is 0.295 e. The van der Waals surface area contributed by atoms with Gasteiger partial charge >= 0.3 is 0 Å². The Hall–Kier alpha value is -3.52. The Morgan fingerprint density at radius 2 is 2.00 bits per heavy atom. The number of nitrogens with zero attached hydrogens (tertiary/aromatic N) is 1. The molecule has 2 atom stereocenters. The first-order chi connectivity index (χ1) is 16.1. The van der Waals surface area contributed by atoms with Gasteiger partial charge < -0.3 is 29.0 Å². The molecule has 8 heteroatoms. The third-order valence-corrected chi connectivity index (χ3v) is 6.10. The van der Waals surface area contributed by atoms with E-state index in [1.165, 1.54) is 4.90 Å². The summed E-state index contributed by atoms with van der Waals surface area (Å²) in [4.78, 5) is 27.8. The van der Waals surface area contributed by atoms with Crippen molar-refractivity contribution < 1.29 is 33.6 Å². The molecule has 33 heavy (non-hydrogen) atoms. The molecule has 2 aromatic carbocycles. The summed E-state index contributed by atoms with van der Waals surface area (Å²) in [5, 5.41) is 11.2. The van der Waals surface area contributed by atoms with E-state index in [4.69, 9.17) is 18.9 Å². The molecule has 0 bridgehead atoms. The van der Waals surface area contributed by atoms with E-state index in [-0.39, 0.29) is 30.8 Å². The van der Waals surface area contributed by atoms with E-state index in [0.29, 0.717) is 41.6 Å². The van der Waals surface area contributed by atoms with E-state index in [0.717, 1.165) is 12.8 Å². The van der Waals surface area contributed by atoms with Gasteiger partial charge in [-0.25, -0.2) is 0 Å². The zero-order valence-corrected chi connectivity index (χ0v) is 18.3. The lowest BCUT2D eigenvalue weighted by Crippen LogP contribution is -2.36. The molecular weight excluding hydrogens is 426 g/mol. The first-order valence-electron chi connectivity index (χ1n) is 11.1. The van der Waals surface area contributed by atoms with Crippen LogP contribution >= 0.6 is 0 Å². The monoisotopic (exact) mass is 451 g/mol. The molecule has 0 saturated carbocycles. The van der Waals surface area contributed by atoms with Crippen LogP contribution in [0, 0.1) is 0 Å². The first kappa shape index (κ1) is 21.3. The molecular formula is C25H25NO7. The molecule has 0 aliphatic carbocycles. The lowest BCUT2D eigenvalue weighted by atomic mass is 9.95. The van der Waals surface area contributed by atoms with Gasteiger partial charge in [0.15, 0.2) is 11.5 Å². The lowest BCUT2D eigenvalue weighted by Gasteiger charge is -2.27. The maximum atomic E-state index is 13.2. The number of ether oxygens (including phenoxy) is 4. The van der Waals surface area contributed by atoms with Crippen molar-refractivity contribution in [2.75, 3.05) is 26.6 Å². The normalized spacial score (nSPS) is 23.4. The summed E-state index contributed by atoms with van der Waals surface area (Å²) in [6, 6.07) is 11.4. The fourth-order valence-corrected chi connectivity index (χ4v) is 4.56. The summed E-state index contributed by atoms with van der Waals surface area (Å²) in [6.45, 7) is 3.37. The Morgan fingerprint density at radius 3 is 2.79 bits per heavy atom. The van der Waals surface area contributed by atoms with Crippen LogP contribution in [0.1, 0.15) is 36.9 Å². The standard InChI is InChI=1S/C25H25NO7/c1-2-30-17-6-3-5-15(11-17)22-21(23(27)16-8-9-19-20(12-16)33-14-32-19)24(28)25(29)26(22)13-18-7-4-10-31-18/h3,5-6,8-9,11-12,18,22,27H,2,4,7,10,13-14H2,1H3/b23-21-. The van der Waals surface area contributed by atoms with Crippen molar-refractivity contribution in [2.24, 2.45) is 0 Å². The number of rotatable bonds is 6. The van der Waals surface area contributed by atoms with Gasteiger partial charge in [0.05, 0.1) is 24.3 Å². The van der Waals surface area contributed by atoms with Crippen LogP contribution in [-0.4, -0.2) is 54.4 Å². The van der Waals surface area contributed by atoms with E-state index in [2.05, 4.69) is 0 Å². The highest BCUT2D eigenvalue weighted by molar-refractivity contribution is 6.46. The molecule has 0 aromatic heterocycles. The van der Waals surface area contributed by atoms with Crippen molar-refractivity contribution >= 4 is 17.4 Å². The van der Waals surface area contributed by atoms with Crippen molar-refractivity contribution in [1.29, 1.82) is 0 Å². The molecule has 2 fully saturated rings. The largest absolute Gasteiger partial charge is 0.507 e. The predicted molar refractivity (Wildman–Crippen MR) is 118 cm³/mol. The summed E-state index contributed by atoms with van der Waals surface area (Å²) < 4.78 is 22.1. The molecule has 2 unspecified atom stereocenters. The Bertz CT molecular complexity index is 1120. The number of aliphatic hydroxyl groups is 1. The lowest BCUT2D eigenvalue weighted by molar-refractivity contribution is -0.140. The van der Waals surface area contributed by atoms with Gasteiger partial charge in [0.1, 0.15) is 11.5 Å². The molecule has 172 valence electrons. The number of amides is 1. The van der Waals surface area contributed by atoms with Gasteiger partial charge in [-0.05, 0) is 55.7 Å². The van der Waals surface area contributed by atoms with Gasteiger partial charge in [0, 0.05) is 18.7 Å². The fraction of sp³-hybridized carbons (Fsp3) is 0.360. The van der Waals surface area contributed by atoms with E-state index in [1.54, 1.807) is 24.3 Å². The van der Waals surface area contributed by atoms with Crippen molar-refractivity contribution in [3.05, 3.63) is 59.2 Å². The molecule has 1 amide bonds.